The van der Waals surface area contributed by atoms with Crippen molar-refractivity contribution in [2.75, 3.05) is 0 Å². The molecule has 0 amide bonds. The average Bonchev–Trinajstić information content (AvgIpc) is 3.43. The van der Waals surface area contributed by atoms with Crippen LogP contribution in [0.5, 0.6) is 0 Å². The molecule has 1 saturated carbocycles. The van der Waals surface area contributed by atoms with Crippen LogP contribution in [0.1, 0.15) is 77.7 Å². The molecule has 0 N–H and O–H groups in total. The molecule has 0 aliphatic heterocycles. The molecule has 0 aromatic carbocycles. The van der Waals surface area contributed by atoms with E-state index in [0.29, 0.717) is 0 Å². The Balaban J connectivity index is 2.27. The number of unbranched alkanes of at least 4 members (excludes halogenated alkanes) is 3. The molecule has 1 aliphatic carbocycles. The van der Waals surface area contributed by atoms with E-state index in [1.165, 1.54) is 55.5 Å². The fourth-order valence-corrected chi connectivity index (χ4v) is 19.3. The van der Waals surface area contributed by atoms with Crippen molar-refractivity contribution in [1.82, 2.24) is 4.98 Å². The van der Waals surface area contributed by atoms with Crippen LogP contribution in [0.4, 0.5) is 0 Å². The van der Waals surface area contributed by atoms with Crippen molar-refractivity contribution in [2.45, 2.75) is 90.9 Å². The number of pyridine rings is 1. The average molecular weight is 433 g/mol. The van der Waals surface area contributed by atoms with Crippen LogP contribution < -0.4 is 3.71 Å². The second-order valence-electron chi connectivity index (χ2n) is 7.72. The van der Waals surface area contributed by atoms with Gasteiger partial charge in [-0.15, -0.1) is 0 Å². The van der Waals surface area contributed by atoms with Crippen LogP contribution in [0.3, 0.4) is 0 Å². The summed E-state index contributed by atoms with van der Waals surface area (Å²) < 4.78 is 5.86. The summed E-state index contributed by atoms with van der Waals surface area (Å²) in [5, 5.41) is 9.42. The normalized spacial score (nSPS) is 15.9. The van der Waals surface area contributed by atoms with Crippen molar-refractivity contribution in [3.63, 3.8) is 0 Å². The molecule has 132 valence electrons. The Morgan fingerprint density at radius 3 is 1.88 bits per heavy atom. The number of nitriles is 1. The van der Waals surface area contributed by atoms with Gasteiger partial charge in [0.2, 0.25) is 0 Å². The van der Waals surface area contributed by atoms with Gasteiger partial charge in [0.15, 0.2) is 0 Å². The van der Waals surface area contributed by atoms with Gasteiger partial charge in [-0.2, -0.15) is 0 Å². The Kier molecular flexibility index (Phi) is 7.59. The van der Waals surface area contributed by atoms with Gasteiger partial charge in [-0.05, 0) is 0 Å². The Morgan fingerprint density at radius 1 is 1.00 bits per heavy atom. The molecule has 0 radical (unpaired) electrons. The molecule has 0 unspecified atom stereocenters. The van der Waals surface area contributed by atoms with E-state index in [4.69, 9.17) is 4.98 Å². The number of hydrogen-bond donors (Lipinski definition) is 0. The standard InChI is InChI=1S/C9H7N2.3C4H9.Sn/c10-7-9(3-4-9)8-2-1-5-11-6-8;3*1-3-4-2;/h1-2,6H,3-4H2;3*1,3-4H2,2H3;. The van der Waals surface area contributed by atoms with Gasteiger partial charge in [-0.25, -0.2) is 0 Å². The van der Waals surface area contributed by atoms with Crippen LogP contribution in [0.2, 0.25) is 13.3 Å². The van der Waals surface area contributed by atoms with Gasteiger partial charge in [-0.1, -0.05) is 0 Å². The van der Waals surface area contributed by atoms with Gasteiger partial charge < -0.3 is 0 Å². The van der Waals surface area contributed by atoms with E-state index in [9.17, 15) is 5.26 Å². The molecule has 1 aliphatic rings. The molecule has 0 saturated heterocycles. The summed E-state index contributed by atoms with van der Waals surface area (Å²) in [6.07, 6.45) is 12.1. The molecular weight excluding hydrogens is 399 g/mol. The van der Waals surface area contributed by atoms with Crippen molar-refractivity contribution in [2.24, 2.45) is 0 Å². The van der Waals surface area contributed by atoms with E-state index in [2.05, 4.69) is 45.2 Å². The maximum absolute atomic E-state index is 9.42. The van der Waals surface area contributed by atoms with Crippen molar-refractivity contribution < 1.29 is 0 Å². The predicted octanol–water partition coefficient (Wildman–Crippen LogP) is 5.69. The zero-order valence-electron chi connectivity index (χ0n) is 15.9. The zero-order chi connectivity index (χ0) is 17.5. The molecule has 1 heterocycles. The van der Waals surface area contributed by atoms with Gasteiger partial charge in [0.25, 0.3) is 0 Å². The summed E-state index contributed by atoms with van der Waals surface area (Å²) in [5.41, 5.74) is 0.968. The van der Waals surface area contributed by atoms with Gasteiger partial charge in [0.05, 0.1) is 0 Å². The summed E-state index contributed by atoms with van der Waals surface area (Å²) in [4.78, 5) is 5.01. The second kappa shape index (κ2) is 9.22. The first kappa shape index (κ1) is 19.8. The van der Waals surface area contributed by atoms with E-state index in [1.807, 2.05) is 0 Å². The summed E-state index contributed by atoms with van der Waals surface area (Å²) in [6.45, 7) is 6.95. The van der Waals surface area contributed by atoms with E-state index in [-0.39, 0.29) is 5.41 Å². The number of rotatable bonds is 11. The molecule has 1 aromatic heterocycles. The van der Waals surface area contributed by atoms with Gasteiger partial charge >= 0.3 is 153 Å². The van der Waals surface area contributed by atoms with E-state index in [0.717, 1.165) is 18.4 Å². The molecular formula is C21H34N2Sn. The first-order chi connectivity index (χ1) is 11.7. The first-order valence-electron chi connectivity index (χ1n) is 10.0. The Labute approximate surface area is 152 Å². The topological polar surface area (TPSA) is 36.7 Å². The summed E-state index contributed by atoms with van der Waals surface area (Å²) in [6, 6.07) is 7.09. The third-order valence-corrected chi connectivity index (χ3v) is 21.0. The van der Waals surface area contributed by atoms with Crippen LogP contribution in [0.25, 0.3) is 0 Å². The second-order valence-corrected chi connectivity index (χ2v) is 20.8. The van der Waals surface area contributed by atoms with E-state index in [1.54, 1.807) is 0 Å². The third-order valence-electron chi connectivity index (χ3n) is 5.85. The van der Waals surface area contributed by atoms with Gasteiger partial charge in [0.1, 0.15) is 0 Å². The van der Waals surface area contributed by atoms with E-state index < -0.39 is 18.4 Å². The Morgan fingerprint density at radius 2 is 1.54 bits per heavy atom. The van der Waals surface area contributed by atoms with Crippen LogP contribution >= 0.6 is 0 Å². The molecule has 0 spiro atoms. The fourth-order valence-electron chi connectivity index (χ4n) is 3.89. The van der Waals surface area contributed by atoms with Crippen molar-refractivity contribution >= 4 is 22.1 Å². The van der Waals surface area contributed by atoms with Crippen LogP contribution in [-0.4, -0.2) is 23.4 Å². The van der Waals surface area contributed by atoms with Gasteiger partial charge in [0, 0.05) is 0 Å². The first-order valence-corrected chi connectivity index (χ1v) is 17.5. The van der Waals surface area contributed by atoms with Crippen molar-refractivity contribution in [3.05, 3.63) is 23.9 Å². The SMILES string of the molecule is CCC[CH2][Sn]([CH2]CCC)([CH2]CCC)[c]1ccc(C2(C#N)CC2)cn1. The molecule has 24 heavy (non-hydrogen) atoms. The molecule has 1 fully saturated rings. The van der Waals surface area contributed by atoms with Gasteiger partial charge in [-0.3, -0.25) is 0 Å². The van der Waals surface area contributed by atoms with Crippen molar-refractivity contribution in [1.29, 1.82) is 5.26 Å². The third kappa shape index (κ3) is 4.54. The Hall–Kier alpha value is -0.561. The van der Waals surface area contributed by atoms with Crippen LogP contribution in [0.15, 0.2) is 18.3 Å². The molecule has 3 heteroatoms. The maximum atomic E-state index is 9.42. The summed E-state index contributed by atoms with van der Waals surface area (Å²) in [7, 11) is 0. The van der Waals surface area contributed by atoms with Crippen molar-refractivity contribution in [3.8, 4) is 6.07 Å². The van der Waals surface area contributed by atoms with E-state index >= 15 is 0 Å². The molecule has 0 atom stereocenters. The molecule has 2 nitrogen and oxygen atoms in total. The number of aromatic nitrogens is 1. The quantitative estimate of drug-likeness (QED) is 0.421. The molecule has 1 aromatic rings. The van der Waals surface area contributed by atoms with Crippen LogP contribution in [-0.2, 0) is 5.41 Å². The minimum atomic E-state index is -2.39. The monoisotopic (exact) mass is 434 g/mol. The Bertz CT molecular complexity index is 518. The number of nitrogens with zero attached hydrogens (tertiary/aromatic N) is 2. The summed E-state index contributed by atoms with van der Waals surface area (Å²) >= 11 is -2.39. The molecule has 0 bridgehead atoms. The zero-order valence-corrected chi connectivity index (χ0v) is 18.8. The number of hydrogen-bond acceptors (Lipinski definition) is 2. The minimum absolute atomic E-state index is 0.194. The predicted molar refractivity (Wildman–Crippen MR) is 105 cm³/mol. The summed E-state index contributed by atoms with van der Waals surface area (Å²) in [5.74, 6) is 0. The molecule has 2 rings (SSSR count). The van der Waals surface area contributed by atoms with Crippen LogP contribution in [0, 0.1) is 11.3 Å². The fraction of sp³-hybridized carbons (Fsp3) is 0.714.